The molecule has 1 rings (SSSR count). The molecule has 0 atom stereocenters. The Kier molecular flexibility index (Phi) is 15.3. The van der Waals surface area contributed by atoms with Crippen LogP contribution in [0, 0.1) is 0 Å². The highest BCUT2D eigenvalue weighted by Crippen LogP contribution is 2.10. The van der Waals surface area contributed by atoms with Crippen molar-refractivity contribution in [2.24, 2.45) is 0 Å². The number of esters is 1. The zero-order valence-electron chi connectivity index (χ0n) is 16.5. The third-order valence-electron chi connectivity index (χ3n) is 4.13. The van der Waals surface area contributed by atoms with Gasteiger partial charge < -0.3 is 4.74 Å². The maximum Gasteiger partial charge on any atom is 0.330 e. The summed E-state index contributed by atoms with van der Waals surface area (Å²) in [6, 6.07) is 0. The molecule has 0 N–H and O–H groups in total. The molecular weight excluding hydrogens is 330 g/mol. The molecule has 0 bridgehead atoms. The monoisotopic (exact) mass is 365 g/mol. The first kappa shape index (κ1) is 24.1. The number of likely N-dealkylation sites (N-methyl/N-ethyl adjacent to an activating group) is 1. The number of imide groups is 1. The van der Waals surface area contributed by atoms with Crippen LogP contribution in [-0.4, -0.2) is 35.8 Å². The summed E-state index contributed by atoms with van der Waals surface area (Å²) in [4.78, 5) is 33.2. The molecule has 0 aromatic heterocycles. The Morgan fingerprint density at radius 2 is 1.38 bits per heavy atom. The lowest BCUT2D eigenvalue weighted by atomic mass is 10.1. The molecule has 0 unspecified atom stereocenters. The first-order valence-corrected chi connectivity index (χ1v) is 9.89. The summed E-state index contributed by atoms with van der Waals surface area (Å²) in [7, 11) is 0. The molecular formula is C21H35NO4. The second-order valence-corrected chi connectivity index (χ2v) is 6.31. The first-order valence-electron chi connectivity index (χ1n) is 9.89. The van der Waals surface area contributed by atoms with Crippen LogP contribution in [0.5, 0.6) is 0 Å². The van der Waals surface area contributed by atoms with Crippen LogP contribution in [0.3, 0.4) is 0 Å². The van der Waals surface area contributed by atoms with E-state index >= 15 is 0 Å². The minimum absolute atomic E-state index is 0.206. The van der Waals surface area contributed by atoms with Gasteiger partial charge in [-0.05, 0) is 13.3 Å². The summed E-state index contributed by atoms with van der Waals surface area (Å²) < 4.78 is 4.91. The summed E-state index contributed by atoms with van der Waals surface area (Å²) >= 11 is 0. The highest BCUT2D eigenvalue weighted by atomic mass is 16.5. The third-order valence-corrected chi connectivity index (χ3v) is 4.13. The zero-order valence-corrected chi connectivity index (χ0v) is 16.5. The molecule has 5 heteroatoms. The van der Waals surface area contributed by atoms with Crippen LogP contribution in [0.2, 0.25) is 0 Å². The van der Waals surface area contributed by atoms with Gasteiger partial charge in [-0.15, -0.1) is 0 Å². The number of unbranched alkanes of at least 4 members (excludes halogenated alkanes) is 9. The van der Waals surface area contributed by atoms with Crippen LogP contribution in [0.25, 0.3) is 0 Å². The largest absolute Gasteiger partial charge is 0.463 e. The topological polar surface area (TPSA) is 63.7 Å². The van der Waals surface area contributed by atoms with Crippen molar-refractivity contribution in [3.63, 3.8) is 0 Å². The van der Waals surface area contributed by atoms with E-state index < -0.39 is 0 Å². The number of carbonyl (C=O) groups excluding carboxylic acids is 3. The van der Waals surface area contributed by atoms with Crippen molar-refractivity contribution in [2.75, 3.05) is 13.2 Å². The highest BCUT2D eigenvalue weighted by molar-refractivity contribution is 6.12. The highest BCUT2D eigenvalue weighted by Gasteiger charge is 2.20. The number of rotatable bonds is 13. The van der Waals surface area contributed by atoms with Crippen molar-refractivity contribution >= 4 is 17.8 Å². The Labute approximate surface area is 158 Å². The molecule has 0 aromatic rings. The number of hydrogen-bond donors (Lipinski definition) is 0. The van der Waals surface area contributed by atoms with Gasteiger partial charge in [0.2, 0.25) is 0 Å². The smallest absolute Gasteiger partial charge is 0.330 e. The fourth-order valence-electron chi connectivity index (χ4n) is 2.56. The molecule has 0 fully saturated rings. The minimum atomic E-state index is -0.305. The molecule has 5 nitrogen and oxygen atoms in total. The van der Waals surface area contributed by atoms with Crippen LogP contribution in [0.15, 0.2) is 24.8 Å². The molecule has 1 aliphatic rings. The standard InChI is InChI=1S/C15H28O2.C6H7NO2/c1-3-5-6-7-8-9-10-11-12-13-14-17-15(16)4-2;1-2-7-5(8)3-4-6(7)9/h4H,2-3,5-14H2,1H3;3-4H,2H2,1H3. The van der Waals surface area contributed by atoms with E-state index in [-0.39, 0.29) is 17.8 Å². The van der Waals surface area contributed by atoms with Crippen molar-refractivity contribution in [1.29, 1.82) is 0 Å². The van der Waals surface area contributed by atoms with E-state index in [2.05, 4.69) is 13.5 Å². The van der Waals surface area contributed by atoms with Gasteiger partial charge in [0.25, 0.3) is 11.8 Å². The molecule has 0 saturated heterocycles. The van der Waals surface area contributed by atoms with Crippen LogP contribution >= 0.6 is 0 Å². The third kappa shape index (κ3) is 12.5. The Morgan fingerprint density at radius 1 is 0.923 bits per heavy atom. The van der Waals surface area contributed by atoms with Gasteiger partial charge in [-0.25, -0.2) is 4.79 Å². The fraction of sp³-hybridized carbons (Fsp3) is 0.667. The predicted molar refractivity (Wildman–Crippen MR) is 105 cm³/mol. The molecule has 2 amide bonds. The lowest BCUT2D eigenvalue weighted by Gasteiger charge is -2.08. The van der Waals surface area contributed by atoms with Gasteiger partial charge in [0.1, 0.15) is 0 Å². The van der Waals surface area contributed by atoms with E-state index in [1.165, 1.54) is 80.9 Å². The van der Waals surface area contributed by atoms with Crippen molar-refractivity contribution in [3.05, 3.63) is 24.8 Å². The molecule has 0 radical (unpaired) electrons. The maximum absolute atomic E-state index is 10.7. The van der Waals surface area contributed by atoms with E-state index in [0.29, 0.717) is 13.2 Å². The molecule has 0 saturated carbocycles. The van der Waals surface area contributed by atoms with Gasteiger partial charge >= 0.3 is 5.97 Å². The maximum atomic E-state index is 10.7. The molecule has 1 heterocycles. The quantitative estimate of drug-likeness (QED) is 0.208. The lowest BCUT2D eigenvalue weighted by Crippen LogP contribution is -2.29. The minimum Gasteiger partial charge on any atom is -0.463 e. The van der Waals surface area contributed by atoms with E-state index in [9.17, 15) is 14.4 Å². The summed E-state index contributed by atoms with van der Waals surface area (Å²) in [5.74, 6) is -0.717. The Balaban J connectivity index is 0.000000577. The second-order valence-electron chi connectivity index (χ2n) is 6.31. The normalized spacial score (nSPS) is 12.8. The van der Waals surface area contributed by atoms with Gasteiger partial charge in [0.15, 0.2) is 0 Å². The van der Waals surface area contributed by atoms with Crippen molar-refractivity contribution in [3.8, 4) is 0 Å². The van der Waals surface area contributed by atoms with Crippen molar-refractivity contribution in [2.45, 2.75) is 78.1 Å². The van der Waals surface area contributed by atoms with Gasteiger partial charge in [0, 0.05) is 24.8 Å². The summed E-state index contributed by atoms with van der Waals surface area (Å²) in [5.41, 5.74) is 0. The SMILES string of the molecule is C=CC(=O)OCCCCCCCCCCCC.CCN1C(=O)C=CC1=O. The lowest BCUT2D eigenvalue weighted by molar-refractivity contribution is -0.138. The van der Waals surface area contributed by atoms with Crippen molar-refractivity contribution < 1.29 is 19.1 Å². The Morgan fingerprint density at radius 3 is 1.77 bits per heavy atom. The molecule has 26 heavy (non-hydrogen) atoms. The second kappa shape index (κ2) is 16.6. The molecule has 1 aliphatic heterocycles. The number of amides is 2. The molecule has 148 valence electrons. The first-order chi connectivity index (χ1) is 12.6. The summed E-state index contributed by atoms with van der Waals surface area (Å²) in [5, 5.41) is 0. The number of carbonyl (C=O) groups is 3. The number of ether oxygens (including phenoxy) is 1. The molecule has 0 aromatic carbocycles. The van der Waals surface area contributed by atoms with E-state index in [4.69, 9.17) is 4.74 Å². The zero-order chi connectivity index (χ0) is 19.6. The summed E-state index contributed by atoms with van der Waals surface area (Å²) in [6.45, 7) is 8.38. The van der Waals surface area contributed by atoms with Crippen LogP contribution in [0.1, 0.15) is 78.1 Å². The average Bonchev–Trinajstić information content (AvgIpc) is 2.97. The van der Waals surface area contributed by atoms with Gasteiger partial charge in [0.05, 0.1) is 6.61 Å². The van der Waals surface area contributed by atoms with Gasteiger partial charge in [-0.1, -0.05) is 71.3 Å². The van der Waals surface area contributed by atoms with Gasteiger partial charge in [-0.3, -0.25) is 14.5 Å². The summed E-state index contributed by atoms with van der Waals surface area (Å²) in [6.07, 6.45) is 16.8. The average molecular weight is 366 g/mol. The number of hydrogen-bond acceptors (Lipinski definition) is 4. The van der Waals surface area contributed by atoms with Gasteiger partial charge in [-0.2, -0.15) is 0 Å². The fourth-order valence-corrected chi connectivity index (χ4v) is 2.56. The van der Waals surface area contributed by atoms with E-state index in [0.717, 1.165) is 6.42 Å². The predicted octanol–water partition coefficient (Wildman–Crippen LogP) is 4.57. The van der Waals surface area contributed by atoms with Crippen LogP contribution < -0.4 is 0 Å². The van der Waals surface area contributed by atoms with Crippen molar-refractivity contribution in [1.82, 2.24) is 4.90 Å². The van der Waals surface area contributed by atoms with Crippen LogP contribution in [-0.2, 0) is 19.1 Å². The van der Waals surface area contributed by atoms with Crippen LogP contribution in [0.4, 0.5) is 0 Å². The number of nitrogens with zero attached hydrogens (tertiary/aromatic N) is 1. The van der Waals surface area contributed by atoms with E-state index in [1.807, 2.05) is 0 Å². The Hall–Kier alpha value is -1.91. The van der Waals surface area contributed by atoms with E-state index in [1.54, 1.807) is 6.92 Å². The molecule has 0 spiro atoms. The Bertz CT molecular complexity index is 439. The molecule has 0 aliphatic carbocycles.